The minimum Gasteiger partial charge on any atom is -0.379 e. The second kappa shape index (κ2) is 8.84. The third kappa shape index (κ3) is 4.38. The number of hydrogen-bond donors (Lipinski definition) is 0. The first-order chi connectivity index (χ1) is 15.2. The summed E-state index contributed by atoms with van der Waals surface area (Å²) in [5.74, 6) is -0.211. The fraction of sp³-hybridized carbons (Fsp3) is 0.273. The molecule has 3 heterocycles. The largest absolute Gasteiger partial charge is 0.379 e. The van der Waals surface area contributed by atoms with E-state index >= 15 is 0 Å². The Morgan fingerprint density at radius 2 is 1.90 bits per heavy atom. The number of amides is 1. The molecule has 1 aliphatic heterocycles. The number of anilines is 1. The first-order valence-electron chi connectivity index (χ1n) is 10.1. The summed E-state index contributed by atoms with van der Waals surface area (Å²) in [4.78, 5) is 31.2. The van der Waals surface area contributed by atoms with Crippen molar-refractivity contribution in [2.75, 3.05) is 44.3 Å². The van der Waals surface area contributed by atoms with Gasteiger partial charge in [0.2, 0.25) is 0 Å². The van der Waals surface area contributed by atoms with Crippen LogP contribution in [-0.4, -0.2) is 65.2 Å². The lowest BCUT2D eigenvalue weighted by Gasteiger charge is -2.29. The van der Waals surface area contributed by atoms with Gasteiger partial charge >= 0.3 is 0 Å². The summed E-state index contributed by atoms with van der Waals surface area (Å²) in [5.41, 5.74) is 2.57. The van der Waals surface area contributed by atoms with Crippen molar-refractivity contribution in [2.45, 2.75) is 0 Å². The van der Waals surface area contributed by atoms with Crippen molar-refractivity contribution < 1.29 is 9.53 Å². The molecule has 0 bridgehead atoms. The van der Waals surface area contributed by atoms with Gasteiger partial charge in [0.1, 0.15) is 5.69 Å². The van der Waals surface area contributed by atoms with Gasteiger partial charge in [-0.3, -0.25) is 19.6 Å². The number of para-hydroxylation sites is 2. The summed E-state index contributed by atoms with van der Waals surface area (Å²) >= 11 is 7.60. The van der Waals surface area contributed by atoms with Crippen LogP contribution in [0.25, 0.3) is 21.3 Å². The molecule has 0 atom stereocenters. The number of aromatic nitrogens is 3. The molecule has 1 fully saturated rings. The third-order valence-corrected chi connectivity index (χ3v) is 6.50. The van der Waals surface area contributed by atoms with Gasteiger partial charge in [-0.2, -0.15) is 0 Å². The van der Waals surface area contributed by atoms with Gasteiger partial charge in [0.15, 0.2) is 5.13 Å². The number of thiazole rings is 1. The maximum Gasteiger partial charge on any atom is 0.280 e. The zero-order valence-corrected chi connectivity index (χ0v) is 18.3. The van der Waals surface area contributed by atoms with Gasteiger partial charge in [-0.25, -0.2) is 9.97 Å². The molecule has 0 spiro atoms. The topological polar surface area (TPSA) is 71.5 Å². The van der Waals surface area contributed by atoms with E-state index in [2.05, 4.69) is 14.9 Å². The average Bonchev–Trinajstić information content (AvgIpc) is 3.22. The van der Waals surface area contributed by atoms with Gasteiger partial charge in [-0.05, 0) is 30.3 Å². The standard InChI is InChI=1S/C22H20ClN5O2S/c23-15-5-6-18-20(13-15)31-22(26-18)28(8-7-27-9-11-30-12-10-27)21(29)19-14-24-16-3-1-2-4-17(16)25-19/h1-6,13-14H,7-12H2. The van der Waals surface area contributed by atoms with E-state index in [-0.39, 0.29) is 5.91 Å². The second-order valence-corrected chi connectivity index (χ2v) is 8.71. The molecule has 2 aromatic heterocycles. The van der Waals surface area contributed by atoms with E-state index in [1.165, 1.54) is 17.5 Å². The van der Waals surface area contributed by atoms with E-state index < -0.39 is 0 Å². The van der Waals surface area contributed by atoms with Crippen molar-refractivity contribution in [2.24, 2.45) is 0 Å². The van der Waals surface area contributed by atoms with Crippen LogP contribution < -0.4 is 4.90 Å². The van der Waals surface area contributed by atoms with Crippen LogP contribution in [0.15, 0.2) is 48.7 Å². The van der Waals surface area contributed by atoms with E-state index in [0.717, 1.165) is 35.4 Å². The van der Waals surface area contributed by atoms with E-state index in [0.29, 0.717) is 41.1 Å². The maximum atomic E-state index is 13.5. The molecule has 5 rings (SSSR count). The Labute approximate surface area is 188 Å². The van der Waals surface area contributed by atoms with Crippen LogP contribution in [0.4, 0.5) is 5.13 Å². The summed E-state index contributed by atoms with van der Waals surface area (Å²) in [5, 5.41) is 1.28. The van der Waals surface area contributed by atoms with Crippen LogP contribution in [0.5, 0.6) is 0 Å². The summed E-state index contributed by atoms with van der Waals surface area (Å²) in [6.45, 7) is 4.36. The molecule has 31 heavy (non-hydrogen) atoms. The Bertz CT molecular complexity index is 1240. The highest BCUT2D eigenvalue weighted by Gasteiger charge is 2.24. The highest BCUT2D eigenvalue weighted by molar-refractivity contribution is 7.22. The average molecular weight is 454 g/mol. The maximum absolute atomic E-state index is 13.5. The summed E-state index contributed by atoms with van der Waals surface area (Å²) in [6.07, 6.45) is 1.54. The van der Waals surface area contributed by atoms with Crippen LogP contribution in [0.2, 0.25) is 5.02 Å². The van der Waals surface area contributed by atoms with E-state index in [1.54, 1.807) is 4.90 Å². The Kier molecular flexibility index (Phi) is 5.78. The smallest absolute Gasteiger partial charge is 0.280 e. The highest BCUT2D eigenvalue weighted by atomic mass is 35.5. The zero-order valence-electron chi connectivity index (χ0n) is 16.7. The number of benzene rings is 2. The molecular formula is C22H20ClN5O2S. The van der Waals surface area contributed by atoms with Crippen LogP contribution in [0.3, 0.4) is 0 Å². The summed E-state index contributed by atoms with van der Waals surface area (Å²) in [7, 11) is 0. The summed E-state index contributed by atoms with van der Waals surface area (Å²) < 4.78 is 6.38. The minimum atomic E-state index is -0.211. The molecule has 0 unspecified atom stereocenters. The van der Waals surface area contributed by atoms with Gasteiger partial charge in [-0.15, -0.1) is 0 Å². The highest BCUT2D eigenvalue weighted by Crippen LogP contribution is 2.31. The molecule has 0 N–H and O–H groups in total. The van der Waals surface area contributed by atoms with Gasteiger partial charge in [0.05, 0.1) is 40.7 Å². The molecule has 1 amide bonds. The molecule has 1 aliphatic rings. The third-order valence-electron chi connectivity index (χ3n) is 5.23. The van der Waals surface area contributed by atoms with Gasteiger partial charge in [0, 0.05) is 31.2 Å². The number of fused-ring (bicyclic) bond motifs is 2. The van der Waals surface area contributed by atoms with Crippen LogP contribution in [-0.2, 0) is 4.74 Å². The fourth-order valence-corrected chi connectivity index (χ4v) is 4.82. The first-order valence-corrected chi connectivity index (χ1v) is 11.3. The van der Waals surface area contributed by atoms with Crippen molar-refractivity contribution in [3.8, 4) is 0 Å². The molecule has 4 aromatic rings. The molecule has 0 aliphatic carbocycles. The van der Waals surface area contributed by atoms with Gasteiger partial charge in [-0.1, -0.05) is 35.1 Å². The number of rotatable bonds is 5. The lowest BCUT2D eigenvalue weighted by molar-refractivity contribution is 0.0391. The van der Waals surface area contributed by atoms with E-state index in [4.69, 9.17) is 21.3 Å². The lowest BCUT2D eigenvalue weighted by atomic mass is 10.3. The van der Waals surface area contributed by atoms with Crippen molar-refractivity contribution in [3.63, 3.8) is 0 Å². The predicted octanol–water partition coefficient (Wildman–Crippen LogP) is 3.87. The van der Waals surface area contributed by atoms with E-state index in [1.807, 2.05) is 42.5 Å². The predicted molar refractivity (Wildman–Crippen MR) is 123 cm³/mol. The van der Waals surface area contributed by atoms with Crippen LogP contribution in [0.1, 0.15) is 10.5 Å². The quantitative estimate of drug-likeness (QED) is 0.456. The van der Waals surface area contributed by atoms with Crippen molar-refractivity contribution in [3.05, 3.63) is 59.4 Å². The minimum absolute atomic E-state index is 0.211. The van der Waals surface area contributed by atoms with Crippen LogP contribution >= 0.6 is 22.9 Å². The van der Waals surface area contributed by atoms with Crippen molar-refractivity contribution in [1.29, 1.82) is 0 Å². The number of ether oxygens (including phenoxy) is 1. The van der Waals surface area contributed by atoms with Crippen molar-refractivity contribution in [1.82, 2.24) is 19.9 Å². The normalized spacial score (nSPS) is 14.9. The van der Waals surface area contributed by atoms with Crippen LogP contribution in [0, 0.1) is 0 Å². The number of hydrogen-bond acceptors (Lipinski definition) is 7. The molecule has 1 saturated heterocycles. The lowest BCUT2D eigenvalue weighted by Crippen LogP contribution is -2.43. The number of carbonyl (C=O) groups excluding carboxylic acids is 1. The number of halogens is 1. The Hall–Kier alpha value is -2.65. The molecule has 9 heteroatoms. The summed E-state index contributed by atoms with van der Waals surface area (Å²) in [6, 6.07) is 13.1. The van der Waals surface area contributed by atoms with Gasteiger partial charge in [0.25, 0.3) is 5.91 Å². The van der Waals surface area contributed by atoms with E-state index in [9.17, 15) is 4.79 Å². The molecule has 0 saturated carbocycles. The molecular weight excluding hydrogens is 434 g/mol. The molecule has 158 valence electrons. The molecule has 2 aromatic carbocycles. The Balaban J connectivity index is 1.48. The SMILES string of the molecule is O=C(c1cnc2ccccc2n1)N(CCN1CCOCC1)c1nc2ccc(Cl)cc2s1. The van der Waals surface area contributed by atoms with Crippen molar-refractivity contribution >= 4 is 55.2 Å². The Morgan fingerprint density at radius 3 is 2.74 bits per heavy atom. The molecule has 7 nitrogen and oxygen atoms in total. The second-order valence-electron chi connectivity index (χ2n) is 7.26. The monoisotopic (exact) mass is 453 g/mol. The number of carbonyl (C=O) groups is 1. The molecule has 0 radical (unpaired) electrons. The number of nitrogens with zero attached hydrogens (tertiary/aromatic N) is 5. The first kappa shape index (κ1) is 20.3. The van der Waals surface area contributed by atoms with Gasteiger partial charge < -0.3 is 4.74 Å². The Morgan fingerprint density at radius 1 is 1.10 bits per heavy atom. The fourth-order valence-electron chi connectivity index (χ4n) is 3.55. The zero-order chi connectivity index (χ0) is 21.2. The number of morpholine rings is 1.